The third kappa shape index (κ3) is 3.60. The summed E-state index contributed by atoms with van der Waals surface area (Å²) in [6, 6.07) is 12.8. The van der Waals surface area contributed by atoms with Crippen molar-refractivity contribution in [2.24, 2.45) is 0 Å². The van der Waals surface area contributed by atoms with Crippen LogP contribution in [-0.2, 0) is 0 Å². The lowest BCUT2D eigenvalue weighted by Gasteiger charge is -2.18. The van der Waals surface area contributed by atoms with E-state index in [2.05, 4.69) is 5.32 Å². The van der Waals surface area contributed by atoms with Gasteiger partial charge in [-0.2, -0.15) is 0 Å². The van der Waals surface area contributed by atoms with Crippen molar-refractivity contribution in [3.8, 4) is 5.75 Å². The van der Waals surface area contributed by atoms with E-state index in [1.807, 2.05) is 0 Å². The predicted molar refractivity (Wildman–Crippen MR) is 82.0 cm³/mol. The van der Waals surface area contributed by atoms with E-state index in [0.717, 1.165) is 0 Å². The minimum Gasteiger partial charge on any atom is -0.508 e. The van der Waals surface area contributed by atoms with Crippen molar-refractivity contribution in [2.45, 2.75) is 6.92 Å². The molecule has 2 aromatic rings. The first-order valence-corrected chi connectivity index (χ1v) is 6.42. The summed E-state index contributed by atoms with van der Waals surface area (Å²) in [7, 11) is 1.60. The van der Waals surface area contributed by atoms with Crippen molar-refractivity contribution in [3.63, 3.8) is 0 Å². The Kier molecular flexibility index (Phi) is 4.23. The van der Waals surface area contributed by atoms with Crippen molar-refractivity contribution in [3.05, 3.63) is 54.1 Å². The number of carbonyl (C=O) groups is 2. The number of hydrogen-bond acceptors (Lipinski definition) is 3. The molecule has 2 rings (SSSR count). The standard InChI is InChI=1S/C16H16N2O3/c1-11(19)12-5-3-6-13(9-12)17-16(21)18(2)14-7-4-8-15(20)10-14/h3-10,20H,1-2H3,(H,17,21). The van der Waals surface area contributed by atoms with Crippen LogP contribution in [0, 0.1) is 0 Å². The molecule has 2 aromatic carbocycles. The Hall–Kier alpha value is -2.82. The Morgan fingerprint density at radius 1 is 1.10 bits per heavy atom. The van der Waals surface area contributed by atoms with Gasteiger partial charge >= 0.3 is 6.03 Å². The molecule has 0 bridgehead atoms. The summed E-state index contributed by atoms with van der Waals surface area (Å²) in [5.74, 6) is 0.0261. The minimum atomic E-state index is -0.360. The van der Waals surface area contributed by atoms with Crippen molar-refractivity contribution in [2.75, 3.05) is 17.3 Å². The maximum absolute atomic E-state index is 12.2. The van der Waals surface area contributed by atoms with Gasteiger partial charge in [0.1, 0.15) is 5.75 Å². The average Bonchev–Trinajstić information content (AvgIpc) is 2.46. The zero-order chi connectivity index (χ0) is 15.4. The van der Waals surface area contributed by atoms with E-state index >= 15 is 0 Å². The maximum Gasteiger partial charge on any atom is 0.326 e. The number of Topliss-reactive ketones (excluding diaryl/α,β-unsaturated/α-hetero) is 1. The van der Waals surface area contributed by atoms with Gasteiger partial charge in [0.25, 0.3) is 0 Å². The van der Waals surface area contributed by atoms with Crippen LogP contribution in [0.2, 0.25) is 0 Å². The topological polar surface area (TPSA) is 69.6 Å². The van der Waals surface area contributed by atoms with Gasteiger partial charge in [-0.05, 0) is 31.2 Å². The zero-order valence-corrected chi connectivity index (χ0v) is 11.8. The highest BCUT2D eigenvalue weighted by atomic mass is 16.3. The van der Waals surface area contributed by atoms with Crippen molar-refractivity contribution in [1.29, 1.82) is 0 Å². The summed E-state index contributed by atoms with van der Waals surface area (Å²) in [5, 5.41) is 12.1. The van der Waals surface area contributed by atoms with Crippen molar-refractivity contribution < 1.29 is 14.7 Å². The first-order valence-electron chi connectivity index (χ1n) is 6.42. The number of nitrogens with one attached hydrogen (secondary N) is 1. The van der Waals surface area contributed by atoms with Gasteiger partial charge in [-0.1, -0.05) is 18.2 Å². The van der Waals surface area contributed by atoms with Crippen LogP contribution in [0.5, 0.6) is 5.75 Å². The molecule has 0 unspecified atom stereocenters. The van der Waals surface area contributed by atoms with Crippen LogP contribution in [0.25, 0.3) is 0 Å². The Balaban J connectivity index is 2.14. The van der Waals surface area contributed by atoms with Crippen LogP contribution in [-0.4, -0.2) is 24.0 Å². The molecule has 5 heteroatoms. The van der Waals surface area contributed by atoms with E-state index in [0.29, 0.717) is 16.9 Å². The van der Waals surface area contributed by atoms with Crippen LogP contribution in [0.4, 0.5) is 16.2 Å². The maximum atomic E-state index is 12.2. The lowest BCUT2D eigenvalue weighted by Crippen LogP contribution is -2.31. The third-order valence-corrected chi connectivity index (χ3v) is 3.04. The number of ketones is 1. The second kappa shape index (κ2) is 6.09. The number of urea groups is 1. The number of hydrogen-bond donors (Lipinski definition) is 2. The smallest absolute Gasteiger partial charge is 0.326 e. The predicted octanol–water partition coefficient (Wildman–Crippen LogP) is 3.26. The molecule has 2 amide bonds. The van der Waals surface area contributed by atoms with Crippen LogP contribution < -0.4 is 10.2 Å². The largest absolute Gasteiger partial charge is 0.508 e. The van der Waals surface area contributed by atoms with Gasteiger partial charge in [0.05, 0.1) is 0 Å². The molecule has 108 valence electrons. The molecule has 0 saturated heterocycles. The summed E-state index contributed by atoms with van der Waals surface area (Å²) in [6.07, 6.45) is 0. The van der Waals surface area contributed by atoms with Crippen molar-refractivity contribution >= 4 is 23.2 Å². The summed E-state index contributed by atoms with van der Waals surface area (Å²) < 4.78 is 0. The first-order chi connectivity index (χ1) is 9.97. The number of amides is 2. The normalized spacial score (nSPS) is 10.0. The lowest BCUT2D eigenvalue weighted by atomic mass is 10.1. The van der Waals surface area contributed by atoms with Crippen LogP contribution in [0.1, 0.15) is 17.3 Å². The molecule has 0 aliphatic rings. The van der Waals surface area contributed by atoms with E-state index in [-0.39, 0.29) is 17.6 Å². The second-order valence-corrected chi connectivity index (χ2v) is 4.65. The fraction of sp³-hybridized carbons (Fsp3) is 0.125. The monoisotopic (exact) mass is 284 g/mol. The Morgan fingerprint density at radius 2 is 1.81 bits per heavy atom. The van der Waals surface area contributed by atoms with E-state index in [4.69, 9.17) is 0 Å². The molecule has 0 radical (unpaired) electrons. The van der Waals surface area contributed by atoms with E-state index < -0.39 is 0 Å². The Labute approximate surface area is 122 Å². The Morgan fingerprint density at radius 3 is 2.48 bits per heavy atom. The first kappa shape index (κ1) is 14.6. The van der Waals surface area contributed by atoms with Gasteiger partial charge in [0.2, 0.25) is 0 Å². The van der Waals surface area contributed by atoms with E-state index in [9.17, 15) is 14.7 Å². The van der Waals surface area contributed by atoms with E-state index in [1.165, 1.54) is 24.0 Å². The number of rotatable bonds is 3. The molecule has 0 aliphatic carbocycles. The van der Waals surface area contributed by atoms with Gasteiger partial charge in [-0.25, -0.2) is 4.79 Å². The molecule has 21 heavy (non-hydrogen) atoms. The fourth-order valence-electron chi connectivity index (χ4n) is 1.84. The Bertz CT molecular complexity index is 683. The van der Waals surface area contributed by atoms with E-state index in [1.54, 1.807) is 43.4 Å². The minimum absolute atomic E-state index is 0.0626. The number of benzene rings is 2. The molecule has 0 saturated carbocycles. The molecule has 0 atom stereocenters. The highest BCUT2D eigenvalue weighted by Crippen LogP contribution is 2.20. The molecule has 0 heterocycles. The lowest BCUT2D eigenvalue weighted by molar-refractivity contribution is 0.101. The molecule has 2 N–H and O–H groups in total. The molecular formula is C16H16N2O3. The highest BCUT2D eigenvalue weighted by Gasteiger charge is 2.12. The highest BCUT2D eigenvalue weighted by molar-refractivity contribution is 6.02. The number of phenols is 1. The number of anilines is 2. The summed E-state index contributed by atoms with van der Waals surface area (Å²) in [6.45, 7) is 1.47. The van der Waals surface area contributed by atoms with Crippen LogP contribution >= 0.6 is 0 Å². The van der Waals surface area contributed by atoms with Crippen LogP contribution in [0.3, 0.4) is 0 Å². The molecule has 0 spiro atoms. The number of nitrogens with zero attached hydrogens (tertiary/aromatic N) is 1. The average molecular weight is 284 g/mol. The van der Waals surface area contributed by atoms with Crippen molar-refractivity contribution in [1.82, 2.24) is 0 Å². The molecule has 5 nitrogen and oxygen atoms in total. The number of aromatic hydroxyl groups is 1. The number of phenolic OH excluding ortho intramolecular Hbond substituents is 1. The quantitative estimate of drug-likeness (QED) is 0.850. The molecule has 0 fully saturated rings. The molecule has 0 aliphatic heterocycles. The summed E-state index contributed by atoms with van der Waals surface area (Å²) >= 11 is 0. The van der Waals surface area contributed by atoms with Gasteiger partial charge in [0, 0.05) is 30.1 Å². The second-order valence-electron chi connectivity index (χ2n) is 4.65. The molecular weight excluding hydrogens is 268 g/mol. The van der Waals surface area contributed by atoms with Crippen LogP contribution in [0.15, 0.2) is 48.5 Å². The summed E-state index contributed by atoms with van der Waals surface area (Å²) in [5.41, 5.74) is 1.64. The van der Waals surface area contributed by atoms with Gasteiger partial charge in [-0.15, -0.1) is 0 Å². The van der Waals surface area contributed by atoms with Gasteiger partial charge < -0.3 is 10.4 Å². The SMILES string of the molecule is CC(=O)c1cccc(NC(=O)N(C)c2cccc(O)c2)c1. The zero-order valence-electron chi connectivity index (χ0n) is 11.8. The fourth-order valence-corrected chi connectivity index (χ4v) is 1.84. The summed E-state index contributed by atoms with van der Waals surface area (Å²) in [4.78, 5) is 24.9. The van der Waals surface area contributed by atoms with Gasteiger partial charge in [0.15, 0.2) is 5.78 Å². The molecule has 0 aromatic heterocycles. The number of carbonyl (C=O) groups excluding carboxylic acids is 2. The third-order valence-electron chi connectivity index (χ3n) is 3.04. The van der Waals surface area contributed by atoms with Gasteiger partial charge in [-0.3, -0.25) is 9.69 Å².